The summed E-state index contributed by atoms with van der Waals surface area (Å²) in [5.41, 5.74) is 0.255. The van der Waals surface area contributed by atoms with Gasteiger partial charge in [-0.1, -0.05) is 0 Å². The van der Waals surface area contributed by atoms with Crippen LogP contribution in [-0.4, -0.2) is 45.9 Å². The van der Waals surface area contributed by atoms with Crippen LogP contribution in [0.5, 0.6) is 17.2 Å². The highest BCUT2D eigenvalue weighted by atomic mass is 35.5. The molecule has 0 bridgehead atoms. The molecule has 0 aromatic heterocycles. The number of amides is 1. The second-order valence-electron chi connectivity index (χ2n) is 5.11. The average Bonchev–Trinajstić information content (AvgIpc) is 2.55. The fourth-order valence-electron chi connectivity index (χ4n) is 2.46. The van der Waals surface area contributed by atoms with E-state index in [1.165, 1.54) is 26.4 Å². The number of alkyl halides is 2. The van der Waals surface area contributed by atoms with Gasteiger partial charge in [0.25, 0.3) is 5.91 Å². The highest BCUT2D eigenvalue weighted by molar-refractivity contribution is 5.95. The fraction of sp³-hybridized carbons (Fsp3) is 0.533. The zero-order valence-corrected chi connectivity index (χ0v) is 14.3. The van der Waals surface area contributed by atoms with E-state index in [1.807, 2.05) is 0 Å². The lowest BCUT2D eigenvalue weighted by Crippen LogP contribution is -2.45. The van der Waals surface area contributed by atoms with Crippen LogP contribution in [0.25, 0.3) is 0 Å². The van der Waals surface area contributed by atoms with E-state index in [0.717, 1.165) is 19.4 Å². The Kier molecular flexibility index (Phi) is 8.00. The van der Waals surface area contributed by atoms with Crippen molar-refractivity contribution in [2.75, 3.05) is 27.3 Å². The lowest BCUT2D eigenvalue weighted by atomic mass is 10.1. The molecule has 1 aromatic carbocycles. The minimum Gasteiger partial charge on any atom is -0.493 e. The number of hydrogen-bond donors (Lipinski definition) is 2. The highest BCUT2D eigenvalue weighted by Crippen LogP contribution is 2.39. The van der Waals surface area contributed by atoms with Crippen molar-refractivity contribution >= 4 is 18.3 Å². The third-order valence-electron chi connectivity index (χ3n) is 3.56. The van der Waals surface area contributed by atoms with Crippen molar-refractivity contribution < 1.29 is 27.8 Å². The molecule has 0 aliphatic carbocycles. The minimum atomic E-state index is -3.02. The zero-order valence-electron chi connectivity index (χ0n) is 13.4. The number of piperidine rings is 1. The lowest BCUT2D eigenvalue weighted by Gasteiger charge is -2.24. The van der Waals surface area contributed by atoms with Crippen molar-refractivity contribution in [3.05, 3.63) is 17.7 Å². The lowest BCUT2D eigenvalue weighted by molar-refractivity contribution is -0.0526. The largest absolute Gasteiger partial charge is 0.493 e. The maximum Gasteiger partial charge on any atom is 0.387 e. The van der Waals surface area contributed by atoms with Crippen molar-refractivity contribution in [1.82, 2.24) is 10.6 Å². The van der Waals surface area contributed by atoms with Gasteiger partial charge in [0.15, 0.2) is 11.5 Å². The van der Waals surface area contributed by atoms with Gasteiger partial charge in [0.1, 0.15) is 0 Å². The number of halogens is 3. The number of methoxy groups -OCH3 is 2. The third-order valence-corrected chi connectivity index (χ3v) is 3.56. The summed E-state index contributed by atoms with van der Waals surface area (Å²) in [7, 11) is 2.61. The molecule has 0 radical (unpaired) electrons. The van der Waals surface area contributed by atoms with Crippen LogP contribution in [-0.2, 0) is 0 Å². The van der Waals surface area contributed by atoms with Crippen LogP contribution < -0.4 is 24.8 Å². The van der Waals surface area contributed by atoms with Crippen molar-refractivity contribution in [2.45, 2.75) is 25.5 Å². The van der Waals surface area contributed by atoms with Crippen LogP contribution in [0.1, 0.15) is 23.2 Å². The molecule has 1 aliphatic heterocycles. The first-order chi connectivity index (χ1) is 11.0. The summed E-state index contributed by atoms with van der Waals surface area (Å²) in [6.07, 6.45) is 1.87. The highest BCUT2D eigenvalue weighted by Gasteiger charge is 2.22. The molecule has 1 aliphatic rings. The third kappa shape index (κ3) is 5.10. The Balaban J connectivity index is 0.00000288. The smallest absolute Gasteiger partial charge is 0.387 e. The van der Waals surface area contributed by atoms with Crippen molar-refractivity contribution in [3.8, 4) is 17.2 Å². The summed E-state index contributed by atoms with van der Waals surface area (Å²) in [5.74, 6) is -0.534. The van der Waals surface area contributed by atoms with Gasteiger partial charge in [0.2, 0.25) is 5.75 Å². The molecule has 6 nitrogen and oxygen atoms in total. The number of carbonyl (C=O) groups is 1. The summed E-state index contributed by atoms with van der Waals surface area (Å²) < 4.78 is 39.5. The number of benzene rings is 1. The summed E-state index contributed by atoms with van der Waals surface area (Å²) in [6, 6.07) is 2.74. The van der Waals surface area contributed by atoms with Gasteiger partial charge in [0, 0.05) is 18.2 Å². The van der Waals surface area contributed by atoms with E-state index in [2.05, 4.69) is 15.4 Å². The van der Waals surface area contributed by atoms with Gasteiger partial charge in [-0.05, 0) is 31.5 Å². The Bertz CT molecular complexity index is 529. The number of hydrogen-bond acceptors (Lipinski definition) is 5. The van der Waals surface area contributed by atoms with Crippen molar-refractivity contribution in [2.24, 2.45) is 0 Å². The summed E-state index contributed by atoms with van der Waals surface area (Å²) in [6.45, 7) is -1.38. The number of carbonyl (C=O) groups excluding carboxylic acids is 1. The molecule has 9 heteroatoms. The van der Waals surface area contributed by atoms with Crippen LogP contribution in [0.15, 0.2) is 12.1 Å². The first-order valence-electron chi connectivity index (χ1n) is 7.27. The SMILES string of the molecule is COc1cc(C(=O)N[C@H]2CCCNC2)cc(OC)c1OC(F)F.Cl. The molecule has 1 heterocycles. The van der Waals surface area contributed by atoms with E-state index >= 15 is 0 Å². The van der Waals surface area contributed by atoms with E-state index in [0.29, 0.717) is 6.54 Å². The molecule has 1 saturated heterocycles. The maximum atomic E-state index is 12.5. The summed E-state index contributed by atoms with van der Waals surface area (Å²) >= 11 is 0. The molecule has 1 atom stereocenters. The monoisotopic (exact) mass is 366 g/mol. The molecule has 0 saturated carbocycles. The standard InChI is InChI=1S/C15H20F2N2O4.ClH/c1-21-11-6-9(7-12(22-2)13(11)23-15(16)17)14(20)19-10-4-3-5-18-8-10;/h6-7,10,15,18H,3-5,8H2,1-2H3,(H,19,20);1H/t10-;/m0./s1. The van der Waals surface area contributed by atoms with Gasteiger partial charge in [-0.25, -0.2) is 0 Å². The van der Waals surface area contributed by atoms with Crippen LogP contribution in [0, 0.1) is 0 Å². The Morgan fingerprint density at radius 1 is 1.29 bits per heavy atom. The number of ether oxygens (including phenoxy) is 3. The quantitative estimate of drug-likeness (QED) is 0.808. The van der Waals surface area contributed by atoms with Gasteiger partial charge in [0.05, 0.1) is 14.2 Å². The second kappa shape index (κ2) is 9.48. The Hall–Kier alpha value is -1.80. The Morgan fingerprint density at radius 3 is 2.38 bits per heavy atom. The van der Waals surface area contributed by atoms with Crippen LogP contribution in [0.2, 0.25) is 0 Å². The molecular weight excluding hydrogens is 346 g/mol. The second-order valence-corrected chi connectivity index (χ2v) is 5.11. The predicted molar refractivity (Wildman–Crippen MR) is 86.8 cm³/mol. The van der Waals surface area contributed by atoms with Crippen molar-refractivity contribution in [1.29, 1.82) is 0 Å². The molecule has 136 valence electrons. The number of nitrogens with one attached hydrogen (secondary N) is 2. The van der Waals surface area contributed by atoms with Gasteiger partial charge < -0.3 is 24.8 Å². The minimum absolute atomic E-state index is 0. The molecule has 24 heavy (non-hydrogen) atoms. The predicted octanol–water partition coefficient (Wildman–Crippen LogP) is 2.21. The molecule has 0 spiro atoms. The van der Waals surface area contributed by atoms with E-state index in [4.69, 9.17) is 9.47 Å². The van der Waals surface area contributed by atoms with E-state index < -0.39 is 6.61 Å². The Labute approximate surface area is 145 Å². The molecule has 1 aromatic rings. The Morgan fingerprint density at radius 2 is 1.92 bits per heavy atom. The normalized spacial score (nSPS) is 17.0. The van der Waals surface area contributed by atoms with Gasteiger partial charge in [-0.2, -0.15) is 8.78 Å². The maximum absolute atomic E-state index is 12.5. The first kappa shape index (κ1) is 20.2. The molecule has 2 N–H and O–H groups in total. The number of rotatable bonds is 6. The fourth-order valence-corrected chi connectivity index (χ4v) is 2.46. The van der Waals surface area contributed by atoms with Gasteiger partial charge in [-0.15, -0.1) is 12.4 Å². The van der Waals surface area contributed by atoms with Gasteiger partial charge in [-0.3, -0.25) is 4.79 Å². The molecule has 1 fully saturated rings. The molecule has 1 amide bonds. The van der Waals surface area contributed by atoms with Crippen LogP contribution in [0.3, 0.4) is 0 Å². The van der Waals surface area contributed by atoms with Crippen LogP contribution >= 0.6 is 12.4 Å². The van der Waals surface area contributed by atoms with Crippen molar-refractivity contribution in [3.63, 3.8) is 0 Å². The van der Waals surface area contributed by atoms with E-state index in [9.17, 15) is 13.6 Å². The molecule has 2 rings (SSSR count). The summed E-state index contributed by atoms with van der Waals surface area (Å²) in [5, 5.41) is 6.10. The first-order valence-corrected chi connectivity index (χ1v) is 7.27. The molecule has 0 unspecified atom stereocenters. The average molecular weight is 367 g/mol. The van der Waals surface area contributed by atoms with E-state index in [-0.39, 0.29) is 47.2 Å². The topological polar surface area (TPSA) is 68.8 Å². The van der Waals surface area contributed by atoms with Crippen LogP contribution in [0.4, 0.5) is 8.78 Å². The molecular formula is C15H21ClF2N2O4. The van der Waals surface area contributed by atoms with Gasteiger partial charge >= 0.3 is 6.61 Å². The summed E-state index contributed by atoms with van der Waals surface area (Å²) in [4.78, 5) is 12.3. The van der Waals surface area contributed by atoms with E-state index in [1.54, 1.807) is 0 Å². The zero-order chi connectivity index (χ0) is 16.8.